The van der Waals surface area contributed by atoms with Crippen LogP contribution in [0.25, 0.3) is 5.69 Å². The highest BCUT2D eigenvalue weighted by atomic mass is 16.5. The van der Waals surface area contributed by atoms with Gasteiger partial charge in [0.25, 0.3) is 0 Å². The minimum atomic E-state index is 0.425. The smallest absolute Gasteiger partial charge is 0.143 e. The van der Waals surface area contributed by atoms with Crippen molar-refractivity contribution in [1.29, 1.82) is 0 Å². The number of tetrazole rings is 1. The van der Waals surface area contributed by atoms with Crippen LogP contribution in [0.5, 0.6) is 0 Å². The van der Waals surface area contributed by atoms with E-state index in [0.29, 0.717) is 6.04 Å². The SMILES string of the molecule is c1cc(-n2cnnn2)ccc1NC1CCOC1. The van der Waals surface area contributed by atoms with Gasteiger partial charge < -0.3 is 10.1 Å². The fourth-order valence-corrected chi connectivity index (χ4v) is 1.87. The number of hydrogen-bond donors (Lipinski definition) is 1. The standard InChI is InChI=1S/C11H13N5O/c1-3-11(16-8-12-14-15-16)4-2-9(1)13-10-5-6-17-7-10/h1-4,8,10,13H,5-7H2. The topological polar surface area (TPSA) is 64.9 Å². The summed E-state index contributed by atoms with van der Waals surface area (Å²) in [7, 11) is 0. The van der Waals surface area contributed by atoms with Gasteiger partial charge in [0.2, 0.25) is 0 Å². The molecule has 17 heavy (non-hydrogen) atoms. The number of ether oxygens (including phenoxy) is 1. The number of rotatable bonds is 3. The highest BCUT2D eigenvalue weighted by molar-refractivity contribution is 5.49. The summed E-state index contributed by atoms with van der Waals surface area (Å²) in [5, 5.41) is 14.5. The Bertz CT molecular complexity index is 461. The van der Waals surface area contributed by atoms with E-state index in [2.05, 4.69) is 20.8 Å². The quantitative estimate of drug-likeness (QED) is 0.848. The van der Waals surface area contributed by atoms with Crippen molar-refractivity contribution < 1.29 is 4.74 Å². The largest absolute Gasteiger partial charge is 0.380 e. The molecule has 0 bridgehead atoms. The molecule has 0 aliphatic carbocycles. The summed E-state index contributed by atoms with van der Waals surface area (Å²) < 4.78 is 6.95. The van der Waals surface area contributed by atoms with Crippen LogP contribution >= 0.6 is 0 Å². The monoisotopic (exact) mass is 231 g/mol. The molecule has 1 aromatic heterocycles. The van der Waals surface area contributed by atoms with Gasteiger partial charge in [0.1, 0.15) is 6.33 Å². The van der Waals surface area contributed by atoms with E-state index in [-0.39, 0.29) is 0 Å². The van der Waals surface area contributed by atoms with E-state index in [4.69, 9.17) is 4.74 Å². The Morgan fingerprint density at radius 3 is 2.82 bits per heavy atom. The van der Waals surface area contributed by atoms with Crippen LogP contribution in [-0.4, -0.2) is 39.5 Å². The average molecular weight is 231 g/mol. The predicted octanol–water partition coefficient (Wildman–Crippen LogP) is 0.863. The second-order valence-corrected chi connectivity index (χ2v) is 4.01. The molecule has 1 aliphatic rings. The van der Waals surface area contributed by atoms with Crippen molar-refractivity contribution in [2.45, 2.75) is 12.5 Å². The van der Waals surface area contributed by atoms with Gasteiger partial charge in [-0.2, -0.15) is 0 Å². The third kappa shape index (κ3) is 2.26. The van der Waals surface area contributed by atoms with Crippen molar-refractivity contribution in [3.63, 3.8) is 0 Å². The highest BCUT2D eigenvalue weighted by Crippen LogP contribution is 2.15. The lowest BCUT2D eigenvalue weighted by Gasteiger charge is -2.12. The maximum atomic E-state index is 5.32. The fraction of sp³-hybridized carbons (Fsp3) is 0.364. The van der Waals surface area contributed by atoms with E-state index < -0.39 is 0 Å². The molecule has 1 aliphatic heterocycles. The lowest BCUT2D eigenvalue weighted by molar-refractivity contribution is 0.195. The molecular weight excluding hydrogens is 218 g/mol. The lowest BCUT2D eigenvalue weighted by atomic mass is 10.2. The Hall–Kier alpha value is -1.95. The first-order valence-electron chi connectivity index (χ1n) is 5.59. The molecule has 88 valence electrons. The van der Waals surface area contributed by atoms with Gasteiger partial charge in [-0.15, -0.1) is 5.10 Å². The predicted molar refractivity (Wildman–Crippen MR) is 62.0 cm³/mol. The van der Waals surface area contributed by atoms with Gasteiger partial charge >= 0.3 is 0 Å². The second-order valence-electron chi connectivity index (χ2n) is 4.01. The minimum absolute atomic E-state index is 0.425. The van der Waals surface area contributed by atoms with Crippen molar-refractivity contribution in [1.82, 2.24) is 20.2 Å². The summed E-state index contributed by atoms with van der Waals surface area (Å²) >= 11 is 0. The summed E-state index contributed by atoms with van der Waals surface area (Å²) in [5.41, 5.74) is 2.04. The van der Waals surface area contributed by atoms with Crippen molar-refractivity contribution in [2.24, 2.45) is 0 Å². The summed E-state index contributed by atoms with van der Waals surface area (Å²) in [4.78, 5) is 0. The van der Waals surface area contributed by atoms with Gasteiger partial charge in [0.05, 0.1) is 18.3 Å². The van der Waals surface area contributed by atoms with Gasteiger partial charge in [-0.05, 0) is 41.1 Å². The van der Waals surface area contributed by atoms with Crippen LogP contribution in [0.4, 0.5) is 5.69 Å². The van der Waals surface area contributed by atoms with Crippen LogP contribution in [-0.2, 0) is 4.74 Å². The summed E-state index contributed by atoms with van der Waals surface area (Å²) in [6.07, 6.45) is 2.64. The van der Waals surface area contributed by atoms with Gasteiger partial charge in [0.15, 0.2) is 0 Å². The van der Waals surface area contributed by atoms with Crippen LogP contribution in [0.1, 0.15) is 6.42 Å². The van der Waals surface area contributed by atoms with Crippen LogP contribution in [0.15, 0.2) is 30.6 Å². The normalized spacial score (nSPS) is 19.4. The summed E-state index contributed by atoms with van der Waals surface area (Å²) in [5.74, 6) is 0. The molecule has 1 N–H and O–H groups in total. The van der Waals surface area contributed by atoms with Crippen LogP contribution in [0, 0.1) is 0 Å². The van der Waals surface area contributed by atoms with Crippen LogP contribution < -0.4 is 5.32 Å². The van der Waals surface area contributed by atoms with E-state index in [9.17, 15) is 0 Å². The first-order chi connectivity index (χ1) is 8.42. The highest BCUT2D eigenvalue weighted by Gasteiger charge is 2.14. The first kappa shape index (κ1) is 10.2. The number of nitrogens with zero attached hydrogens (tertiary/aromatic N) is 4. The molecule has 1 saturated heterocycles. The van der Waals surface area contributed by atoms with Crippen LogP contribution in [0.2, 0.25) is 0 Å². The maximum absolute atomic E-state index is 5.32. The lowest BCUT2D eigenvalue weighted by Crippen LogP contribution is -2.18. The molecule has 3 rings (SSSR count). The second kappa shape index (κ2) is 4.50. The molecule has 6 heteroatoms. The zero-order chi connectivity index (χ0) is 11.5. The molecule has 1 aromatic carbocycles. The zero-order valence-electron chi connectivity index (χ0n) is 9.28. The Morgan fingerprint density at radius 1 is 1.29 bits per heavy atom. The number of nitrogens with one attached hydrogen (secondary N) is 1. The molecule has 1 fully saturated rings. The molecule has 2 aromatic rings. The molecular formula is C11H13N5O. The van der Waals surface area contributed by atoms with Crippen molar-refractivity contribution in [2.75, 3.05) is 18.5 Å². The van der Waals surface area contributed by atoms with Crippen molar-refractivity contribution in [3.8, 4) is 5.69 Å². The van der Waals surface area contributed by atoms with Crippen molar-refractivity contribution >= 4 is 5.69 Å². The Kier molecular flexibility index (Phi) is 2.71. The molecule has 0 radical (unpaired) electrons. The number of anilines is 1. The van der Waals surface area contributed by atoms with E-state index in [1.165, 1.54) is 0 Å². The Balaban J connectivity index is 1.71. The number of hydrogen-bond acceptors (Lipinski definition) is 5. The molecule has 1 atom stereocenters. The molecule has 0 spiro atoms. The summed E-state index contributed by atoms with van der Waals surface area (Å²) in [6, 6.07) is 8.43. The zero-order valence-corrected chi connectivity index (χ0v) is 9.28. The van der Waals surface area contributed by atoms with Crippen molar-refractivity contribution in [3.05, 3.63) is 30.6 Å². The molecule has 0 saturated carbocycles. The van der Waals surface area contributed by atoms with E-state index in [1.54, 1.807) is 11.0 Å². The third-order valence-corrected chi connectivity index (χ3v) is 2.78. The third-order valence-electron chi connectivity index (χ3n) is 2.78. The van der Waals surface area contributed by atoms with Gasteiger partial charge in [-0.1, -0.05) is 0 Å². The molecule has 6 nitrogen and oxygen atoms in total. The van der Waals surface area contributed by atoms with Gasteiger partial charge in [-0.25, -0.2) is 4.68 Å². The minimum Gasteiger partial charge on any atom is -0.380 e. The molecule has 1 unspecified atom stereocenters. The van der Waals surface area contributed by atoms with E-state index in [0.717, 1.165) is 31.0 Å². The van der Waals surface area contributed by atoms with E-state index in [1.807, 2.05) is 24.3 Å². The van der Waals surface area contributed by atoms with Gasteiger partial charge in [-0.3, -0.25) is 0 Å². The van der Waals surface area contributed by atoms with Crippen LogP contribution in [0.3, 0.4) is 0 Å². The molecule has 2 heterocycles. The van der Waals surface area contributed by atoms with Gasteiger partial charge in [0, 0.05) is 12.3 Å². The Labute approximate surface area is 98.6 Å². The number of benzene rings is 1. The van der Waals surface area contributed by atoms with E-state index >= 15 is 0 Å². The summed E-state index contributed by atoms with van der Waals surface area (Å²) in [6.45, 7) is 1.63. The number of aromatic nitrogens is 4. The maximum Gasteiger partial charge on any atom is 0.143 e. The average Bonchev–Trinajstić information content (AvgIpc) is 3.01. The Morgan fingerprint density at radius 2 is 2.18 bits per heavy atom. The fourth-order valence-electron chi connectivity index (χ4n) is 1.87. The first-order valence-corrected chi connectivity index (χ1v) is 5.59. The molecule has 0 amide bonds.